The van der Waals surface area contributed by atoms with Crippen LogP contribution in [0.5, 0.6) is 0 Å². The van der Waals surface area contributed by atoms with Crippen LogP contribution < -0.4 is 0 Å². The summed E-state index contributed by atoms with van der Waals surface area (Å²) < 4.78 is 0. The number of hydrogen-bond donors (Lipinski definition) is 1. The molecule has 1 heteroatoms. The van der Waals surface area contributed by atoms with Crippen LogP contribution in [0.4, 0.5) is 0 Å². The summed E-state index contributed by atoms with van der Waals surface area (Å²) in [7, 11) is 0. The highest BCUT2D eigenvalue weighted by Gasteiger charge is 2.59. The standard InChI is InChI=1S/C28H46O/c1-19(21(3)18-29)9-10-20(2)24-13-14-25-23-12-11-22-8-6-7-16-27(22,4)26(23)15-17-28(24,25)5/h9,18,20,22-26,29H,6-8,10-17H2,1-5H3/t20-,22?,23+,24-,25+,26+,27+,28-/m1/s1. The maximum Gasteiger partial charge on any atom is 0.0823 e. The first-order chi connectivity index (χ1) is 13.8. The van der Waals surface area contributed by atoms with E-state index in [9.17, 15) is 5.11 Å². The van der Waals surface area contributed by atoms with Crippen LogP contribution in [0.1, 0.15) is 105 Å². The molecule has 1 unspecified atom stereocenters. The molecule has 0 saturated heterocycles. The highest BCUT2D eigenvalue weighted by Crippen LogP contribution is 2.68. The summed E-state index contributed by atoms with van der Waals surface area (Å²) in [6.45, 7) is 12.0. The summed E-state index contributed by atoms with van der Waals surface area (Å²) in [5, 5.41) is 9.29. The van der Waals surface area contributed by atoms with Gasteiger partial charge in [-0.05, 0) is 129 Å². The smallest absolute Gasteiger partial charge is 0.0823 e. The van der Waals surface area contributed by atoms with E-state index in [0.717, 1.165) is 47.5 Å². The molecule has 4 fully saturated rings. The van der Waals surface area contributed by atoms with Gasteiger partial charge in [-0.1, -0.05) is 39.7 Å². The van der Waals surface area contributed by atoms with Gasteiger partial charge in [0.25, 0.3) is 0 Å². The van der Waals surface area contributed by atoms with Gasteiger partial charge in [0.2, 0.25) is 0 Å². The van der Waals surface area contributed by atoms with E-state index >= 15 is 0 Å². The molecular formula is C28H46O. The zero-order valence-electron chi connectivity index (χ0n) is 19.8. The number of aliphatic hydroxyl groups excluding tert-OH is 1. The molecular weight excluding hydrogens is 352 g/mol. The van der Waals surface area contributed by atoms with Crippen molar-refractivity contribution in [1.82, 2.24) is 0 Å². The van der Waals surface area contributed by atoms with Crippen molar-refractivity contribution in [2.45, 2.75) is 105 Å². The van der Waals surface area contributed by atoms with E-state index in [0.29, 0.717) is 10.8 Å². The first-order valence-electron chi connectivity index (χ1n) is 12.8. The lowest BCUT2D eigenvalue weighted by molar-refractivity contribution is -0.114. The number of fused-ring (bicyclic) bond motifs is 5. The first-order valence-corrected chi connectivity index (χ1v) is 12.8. The fourth-order valence-electron chi connectivity index (χ4n) is 9.06. The van der Waals surface area contributed by atoms with E-state index in [1.54, 1.807) is 0 Å². The van der Waals surface area contributed by atoms with E-state index in [2.05, 4.69) is 33.8 Å². The molecule has 0 aliphatic heterocycles. The minimum Gasteiger partial charge on any atom is -0.515 e. The van der Waals surface area contributed by atoms with E-state index in [4.69, 9.17) is 0 Å². The molecule has 4 aliphatic carbocycles. The Morgan fingerprint density at radius 3 is 2.41 bits per heavy atom. The normalized spacial score (nSPS) is 46.6. The summed E-state index contributed by atoms with van der Waals surface area (Å²) in [5.41, 5.74) is 3.49. The Morgan fingerprint density at radius 2 is 1.66 bits per heavy atom. The van der Waals surface area contributed by atoms with E-state index < -0.39 is 0 Å². The van der Waals surface area contributed by atoms with Crippen molar-refractivity contribution in [2.75, 3.05) is 0 Å². The van der Waals surface area contributed by atoms with Crippen LogP contribution in [-0.4, -0.2) is 5.11 Å². The van der Waals surface area contributed by atoms with Crippen LogP contribution in [0.15, 0.2) is 23.5 Å². The molecule has 0 spiro atoms. The third-order valence-corrected chi connectivity index (χ3v) is 11.0. The predicted octanol–water partition coefficient (Wildman–Crippen LogP) is 8.47. The fourth-order valence-corrected chi connectivity index (χ4v) is 9.06. The lowest BCUT2D eigenvalue weighted by Gasteiger charge is -2.61. The monoisotopic (exact) mass is 398 g/mol. The summed E-state index contributed by atoms with van der Waals surface area (Å²) in [6.07, 6.45) is 19.8. The molecule has 0 aromatic carbocycles. The highest BCUT2D eigenvalue weighted by molar-refractivity contribution is 5.25. The van der Waals surface area contributed by atoms with Gasteiger partial charge in [0.15, 0.2) is 0 Å². The van der Waals surface area contributed by atoms with Gasteiger partial charge in [0.1, 0.15) is 0 Å². The highest BCUT2D eigenvalue weighted by atomic mass is 16.2. The molecule has 29 heavy (non-hydrogen) atoms. The van der Waals surface area contributed by atoms with Crippen molar-refractivity contribution in [1.29, 1.82) is 0 Å². The number of allylic oxidation sites excluding steroid dienone is 3. The molecule has 4 aliphatic rings. The molecule has 164 valence electrons. The SMILES string of the molecule is CC(=CO)C(C)=CC[C@@H](C)[C@H]1CC[C@H]2[C@@H]3CCC4CCCC[C@]4(C)[C@H]3CC[C@]12C. The van der Waals surface area contributed by atoms with Crippen molar-refractivity contribution < 1.29 is 5.11 Å². The van der Waals surface area contributed by atoms with E-state index in [1.807, 2.05) is 6.92 Å². The molecule has 0 radical (unpaired) electrons. The van der Waals surface area contributed by atoms with Gasteiger partial charge in [-0.2, -0.15) is 0 Å². The molecule has 4 rings (SSSR count). The third kappa shape index (κ3) is 3.53. The zero-order chi connectivity index (χ0) is 20.8. The number of hydrogen-bond acceptors (Lipinski definition) is 1. The second-order valence-corrected chi connectivity index (χ2v) is 12.0. The molecule has 4 saturated carbocycles. The van der Waals surface area contributed by atoms with Gasteiger partial charge in [0, 0.05) is 0 Å². The second kappa shape index (κ2) is 8.08. The van der Waals surface area contributed by atoms with Gasteiger partial charge in [-0.15, -0.1) is 0 Å². The zero-order valence-corrected chi connectivity index (χ0v) is 19.8. The average Bonchev–Trinajstić information content (AvgIpc) is 3.08. The molecule has 1 N–H and O–H groups in total. The Kier molecular flexibility index (Phi) is 6.00. The Morgan fingerprint density at radius 1 is 0.897 bits per heavy atom. The maximum atomic E-state index is 9.29. The summed E-state index contributed by atoms with van der Waals surface area (Å²) in [5.74, 6) is 5.69. The quantitative estimate of drug-likeness (QED) is 0.372. The van der Waals surface area contributed by atoms with Crippen molar-refractivity contribution >= 4 is 0 Å². The summed E-state index contributed by atoms with van der Waals surface area (Å²) in [4.78, 5) is 0. The number of rotatable bonds is 4. The lowest BCUT2D eigenvalue weighted by atomic mass is 9.44. The molecule has 0 heterocycles. The summed E-state index contributed by atoms with van der Waals surface area (Å²) >= 11 is 0. The Bertz CT molecular complexity index is 659. The van der Waals surface area contributed by atoms with Gasteiger partial charge < -0.3 is 5.11 Å². The fraction of sp³-hybridized carbons (Fsp3) is 0.857. The molecule has 0 aromatic heterocycles. The molecule has 8 atom stereocenters. The van der Waals surface area contributed by atoms with Gasteiger partial charge in [-0.25, -0.2) is 0 Å². The largest absolute Gasteiger partial charge is 0.515 e. The van der Waals surface area contributed by atoms with Crippen LogP contribution in [0.2, 0.25) is 0 Å². The summed E-state index contributed by atoms with van der Waals surface area (Å²) in [6, 6.07) is 0. The van der Waals surface area contributed by atoms with Crippen LogP contribution >= 0.6 is 0 Å². The van der Waals surface area contributed by atoms with E-state index in [1.165, 1.54) is 76.0 Å². The van der Waals surface area contributed by atoms with Crippen molar-refractivity contribution in [3.05, 3.63) is 23.5 Å². The van der Waals surface area contributed by atoms with Gasteiger partial charge >= 0.3 is 0 Å². The molecule has 0 aromatic rings. The third-order valence-electron chi connectivity index (χ3n) is 11.0. The topological polar surface area (TPSA) is 20.2 Å². The van der Waals surface area contributed by atoms with Crippen LogP contribution in [0.3, 0.4) is 0 Å². The Hall–Kier alpha value is -0.720. The Balaban J connectivity index is 1.49. The average molecular weight is 399 g/mol. The number of aliphatic hydroxyl groups is 1. The van der Waals surface area contributed by atoms with Gasteiger partial charge in [-0.3, -0.25) is 0 Å². The van der Waals surface area contributed by atoms with Crippen LogP contribution in [0.25, 0.3) is 0 Å². The van der Waals surface area contributed by atoms with Gasteiger partial charge in [0.05, 0.1) is 6.26 Å². The minimum absolute atomic E-state index is 0.571. The van der Waals surface area contributed by atoms with Crippen molar-refractivity contribution in [2.24, 2.45) is 46.3 Å². The Labute approximate surface area is 180 Å². The predicted molar refractivity (Wildman–Crippen MR) is 124 cm³/mol. The molecule has 1 nitrogen and oxygen atoms in total. The lowest BCUT2D eigenvalue weighted by Crippen LogP contribution is -2.53. The van der Waals surface area contributed by atoms with Crippen LogP contribution in [-0.2, 0) is 0 Å². The van der Waals surface area contributed by atoms with Crippen molar-refractivity contribution in [3.8, 4) is 0 Å². The van der Waals surface area contributed by atoms with Crippen molar-refractivity contribution in [3.63, 3.8) is 0 Å². The van der Waals surface area contributed by atoms with Crippen LogP contribution in [0, 0.1) is 46.3 Å². The maximum absolute atomic E-state index is 9.29. The first kappa shape index (κ1) is 21.5. The van der Waals surface area contributed by atoms with E-state index in [-0.39, 0.29) is 0 Å². The molecule has 0 bridgehead atoms. The minimum atomic E-state index is 0.571. The molecule has 0 amide bonds. The second-order valence-electron chi connectivity index (χ2n) is 12.0.